The van der Waals surface area contributed by atoms with E-state index in [-0.39, 0.29) is 11.7 Å². The number of amides is 1. The van der Waals surface area contributed by atoms with Gasteiger partial charge in [-0.05, 0) is 42.2 Å². The molecule has 2 aromatic rings. The van der Waals surface area contributed by atoms with Crippen molar-refractivity contribution in [1.82, 2.24) is 4.90 Å². The predicted molar refractivity (Wildman–Crippen MR) is 103 cm³/mol. The van der Waals surface area contributed by atoms with E-state index in [1.165, 1.54) is 17.3 Å². The van der Waals surface area contributed by atoms with Crippen molar-refractivity contribution in [3.05, 3.63) is 70.6 Å². The summed E-state index contributed by atoms with van der Waals surface area (Å²) in [4.78, 5) is 14.8. The molecule has 1 heterocycles. The number of rotatable bonds is 5. The summed E-state index contributed by atoms with van der Waals surface area (Å²) in [6, 6.07) is 17.0. The van der Waals surface area contributed by atoms with E-state index in [1.54, 1.807) is 29.2 Å². The number of thiocarbonyl (C=S) groups is 1. The number of hydrogen-bond donors (Lipinski definition) is 1. The summed E-state index contributed by atoms with van der Waals surface area (Å²) in [6.07, 6.45) is 3.62. The van der Waals surface area contributed by atoms with Crippen LogP contribution < -0.4 is 0 Å². The Morgan fingerprint density at radius 3 is 2.50 bits per heavy atom. The van der Waals surface area contributed by atoms with E-state index in [2.05, 4.69) is 12.1 Å². The molecule has 1 saturated heterocycles. The summed E-state index contributed by atoms with van der Waals surface area (Å²) in [5.74, 6) is 0.173. The first-order chi connectivity index (χ1) is 11.6. The molecule has 1 amide bonds. The first kappa shape index (κ1) is 16.7. The fourth-order valence-corrected chi connectivity index (χ4v) is 3.81. The lowest BCUT2D eigenvalue weighted by atomic mass is 10.1. The van der Waals surface area contributed by atoms with Crippen LogP contribution >= 0.6 is 24.0 Å². The van der Waals surface area contributed by atoms with Gasteiger partial charge in [-0.15, -0.1) is 0 Å². The maximum Gasteiger partial charge on any atom is 0.266 e. The zero-order valence-electron chi connectivity index (χ0n) is 13.0. The maximum atomic E-state index is 12.5. The number of aromatic hydroxyl groups is 1. The van der Waals surface area contributed by atoms with Gasteiger partial charge in [0, 0.05) is 6.54 Å². The molecule has 5 heteroatoms. The largest absolute Gasteiger partial charge is 0.508 e. The standard InChI is InChI=1S/C19H17NO2S2/c21-16-10-8-15(9-11-16)13-17-18(22)20(19(23)24-17)12-4-7-14-5-2-1-3-6-14/h1-3,5-6,8-11,13,21H,4,7,12H2/b17-13-. The Morgan fingerprint density at radius 1 is 1.08 bits per heavy atom. The van der Waals surface area contributed by atoms with Gasteiger partial charge in [0.1, 0.15) is 10.1 Å². The molecule has 0 aliphatic carbocycles. The van der Waals surface area contributed by atoms with Crippen LogP contribution in [0.2, 0.25) is 0 Å². The predicted octanol–water partition coefficient (Wildman–Crippen LogP) is 4.23. The summed E-state index contributed by atoms with van der Waals surface area (Å²) in [5.41, 5.74) is 2.14. The number of thioether (sulfide) groups is 1. The van der Waals surface area contributed by atoms with E-state index >= 15 is 0 Å². The second-order valence-corrected chi connectivity index (χ2v) is 7.19. The van der Waals surface area contributed by atoms with E-state index in [0.717, 1.165) is 18.4 Å². The molecule has 24 heavy (non-hydrogen) atoms. The fourth-order valence-electron chi connectivity index (χ4n) is 2.50. The monoisotopic (exact) mass is 355 g/mol. The van der Waals surface area contributed by atoms with Crippen molar-refractivity contribution in [3.63, 3.8) is 0 Å². The summed E-state index contributed by atoms with van der Waals surface area (Å²) in [6.45, 7) is 0.631. The molecule has 0 aromatic heterocycles. The Labute approximate surface area is 151 Å². The van der Waals surface area contributed by atoms with Crippen molar-refractivity contribution in [1.29, 1.82) is 0 Å². The summed E-state index contributed by atoms with van der Waals surface area (Å²) >= 11 is 6.68. The van der Waals surface area contributed by atoms with Crippen LogP contribution in [0.4, 0.5) is 0 Å². The number of phenolic OH excluding ortho intramolecular Hbond substituents is 1. The van der Waals surface area contributed by atoms with Crippen molar-refractivity contribution in [2.45, 2.75) is 12.8 Å². The molecule has 3 rings (SSSR count). The van der Waals surface area contributed by atoms with Crippen LogP contribution in [-0.4, -0.2) is 26.8 Å². The lowest BCUT2D eigenvalue weighted by Gasteiger charge is -2.14. The first-order valence-electron chi connectivity index (χ1n) is 7.72. The average Bonchev–Trinajstić information content (AvgIpc) is 2.85. The maximum absolute atomic E-state index is 12.5. The van der Waals surface area contributed by atoms with Gasteiger partial charge >= 0.3 is 0 Å². The van der Waals surface area contributed by atoms with Crippen molar-refractivity contribution in [2.24, 2.45) is 0 Å². The summed E-state index contributed by atoms with van der Waals surface area (Å²) in [7, 11) is 0. The van der Waals surface area contributed by atoms with Gasteiger partial charge in [0.05, 0.1) is 4.91 Å². The molecule has 0 radical (unpaired) electrons. The number of hydrogen-bond acceptors (Lipinski definition) is 4. The van der Waals surface area contributed by atoms with E-state index in [4.69, 9.17) is 12.2 Å². The highest BCUT2D eigenvalue weighted by Gasteiger charge is 2.31. The van der Waals surface area contributed by atoms with Gasteiger partial charge in [0.15, 0.2) is 0 Å². The highest BCUT2D eigenvalue weighted by molar-refractivity contribution is 8.26. The Hall–Kier alpha value is -2.11. The number of carbonyl (C=O) groups is 1. The zero-order chi connectivity index (χ0) is 16.9. The normalized spacial score (nSPS) is 16.2. The minimum absolute atomic E-state index is 0.0360. The second kappa shape index (κ2) is 7.64. The molecule has 0 saturated carbocycles. The zero-order valence-corrected chi connectivity index (χ0v) is 14.6. The Balaban J connectivity index is 1.62. The van der Waals surface area contributed by atoms with Crippen molar-refractivity contribution < 1.29 is 9.90 Å². The third kappa shape index (κ3) is 4.04. The minimum Gasteiger partial charge on any atom is -0.508 e. The lowest BCUT2D eigenvalue weighted by molar-refractivity contribution is -0.122. The molecule has 3 nitrogen and oxygen atoms in total. The van der Waals surface area contributed by atoms with Crippen LogP contribution in [0.25, 0.3) is 6.08 Å². The van der Waals surface area contributed by atoms with Crippen LogP contribution in [0.3, 0.4) is 0 Å². The number of phenols is 1. The molecule has 1 fully saturated rings. The van der Waals surface area contributed by atoms with Crippen molar-refractivity contribution in [3.8, 4) is 5.75 Å². The lowest BCUT2D eigenvalue weighted by Crippen LogP contribution is -2.29. The van der Waals surface area contributed by atoms with E-state index in [9.17, 15) is 9.90 Å². The number of aryl methyl sites for hydroxylation is 1. The van der Waals surface area contributed by atoms with Crippen LogP contribution in [0.5, 0.6) is 5.75 Å². The van der Waals surface area contributed by atoms with E-state index in [1.807, 2.05) is 24.3 Å². The van der Waals surface area contributed by atoms with Gasteiger partial charge in [-0.1, -0.05) is 66.4 Å². The van der Waals surface area contributed by atoms with Gasteiger partial charge in [-0.25, -0.2) is 0 Å². The third-order valence-corrected chi connectivity index (χ3v) is 5.13. The Bertz CT molecular complexity index is 770. The highest BCUT2D eigenvalue weighted by Crippen LogP contribution is 2.32. The number of carbonyl (C=O) groups excluding carboxylic acids is 1. The average molecular weight is 355 g/mol. The Kier molecular flexibility index (Phi) is 5.33. The third-order valence-electron chi connectivity index (χ3n) is 3.75. The van der Waals surface area contributed by atoms with Crippen LogP contribution in [-0.2, 0) is 11.2 Å². The smallest absolute Gasteiger partial charge is 0.266 e. The quantitative estimate of drug-likeness (QED) is 0.644. The fraction of sp³-hybridized carbons (Fsp3) is 0.158. The number of nitrogens with zero attached hydrogens (tertiary/aromatic N) is 1. The minimum atomic E-state index is -0.0360. The molecular weight excluding hydrogens is 338 g/mol. The first-order valence-corrected chi connectivity index (χ1v) is 8.94. The molecule has 0 bridgehead atoms. The molecule has 0 atom stereocenters. The molecule has 0 unspecified atom stereocenters. The van der Waals surface area contributed by atoms with Gasteiger partial charge in [0.25, 0.3) is 5.91 Å². The van der Waals surface area contributed by atoms with Gasteiger partial charge in [0.2, 0.25) is 0 Å². The number of benzene rings is 2. The molecule has 1 aliphatic heterocycles. The van der Waals surface area contributed by atoms with Crippen LogP contribution in [0, 0.1) is 0 Å². The van der Waals surface area contributed by atoms with Gasteiger partial charge in [-0.2, -0.15) is 0 Å². The SMILES string of the molecule is O=C1/C(=C/c2ccc(O)cc2)SC(=S)N1CCCc1ccccc1. The molecule has 1 aliphatic rings. The summed E-state index contributed by atoms with van der Waals surface area (Å²) < 4.78 is 0.609. The molecule has 2 aromatic carbocycles. The van der Waals surface area contributed by atoms with Crippen LogP contribution in [0.15, 0.2) is 59.5 Å². The molecular formula is C19H17NO2S2. The van der Waals surface area contributed by atoms with Gasteiger partial charge in [-0.3, -0.25) is 9.69 Å². The van der Waals surface area contributed by atoms with Crippen molar-refractivity contribution in [2.75, 3.05) is 6.54 Å². The van der Waals surface area contributed by atoms with Crippen LogP contribution in [0.1, 0.15) is 17.5 Å². The summed E-state index contributed by atoms with van der Waals surface area (Å²) in [5, 5.41) is 9.32. The second-order valence-electron chi connectivity index (χ2n) is 5.51. The highest BCUT2D eigenvalue weighted by atomic mass is 32.2. The van der Waals surface area contributed by atoms with Crippen molar-refractivity contribution >= 4 is 40.3 Å². The van der Waals surface area contributed by atoms with Gasteiger partial charge < -0.3 is 5.11 Å². The Morgan fingerprint density at radius 2 is 1.79 bits per heavy atom. The molecule has 0 spiro atoms. The van der Waals surface area contributed by atoms with E-state index < -0.39 is 0 Å². The van der Waals surface area contributed by atoms with E-state index in [0.29, 0.717) is 15.8 Å². The molecule has 1 N–H and O–H groups in total. The molecule has 122 valence electrons. The topological polar surface area (TPSA) is 40.5 Å².